The number of fused-ring (bicyclic) bond motifs is 5. The quantitative estimate of drug-likeness (QED) is 0.127. The maximum atomic E-state index is 6.95. The summed E-state index contributed by atoms with van der Waals surface area (Å²) in [6.45, 7) is 0. The Morgan fingerprint density at radius 3 is 0.630 bits per heavy atom. The SMILES string of the molecule is Bc1c(B)c(B)c(-c2c(B)c(B)c(B)c(-c3c4c(B)c(B)c(B)c(B)c4c(-c4c(B)c(B)c(-c5c(B)c(B)c6oc7c(B)c(B)c(B)c(B)c7c6c5B)c(B)c4B)c4c(B)c(B)c(B)c(B)c34)c2B)c(B)c1B. The average molecular weight is 904 g/mol. The topological polar surface area (TPSA) is 13.1 Å². The maximum Gasteiger partial charge on any atom is 0.143 e. The third-order valence-corrected chi connectivity index (χ3v) is 21.0. The molecule has 0 saturated carbocycles. The fourth-order valence-electron chi connectivity index (χ4n) is 14.4. The van der Waals surface area contributed by atoms with Crippen LogP contribution in [0.4, 0.5) is 0 Å². The largest absolute Gasteiger partial charge is 0.457 e. The van der Waals surface area contributed by atoms with Crippen LogP contribution in [0.5, 0.6) is 0 Å². The Bertz CT molecular complexity index is 3980. The van der Waals surface area contributed by atoms with E-state index in [1.165, 1.54) is 230 Å². The minimum Gasteiger partial charge on any atom is -0.457 e. The number of benzene rings is 8. The molecule has 0 aliphatic rings. The normalized spacial score (nSPS) is 11.7. The zero-order chi connectivity index (χ0) is 54.1. The number of rotatable bonds is 4. The summed E-state index contributed by atoms with van der Waals surface area (Å²) in [5.74, 6) is 0. The molecule has 29 heteroatoms. The van der Waals surface area contributed by atoms with Gasteiger partial charge in [-0.05, 0) is 66.1 Å². The Morgan fingerprint density at radius 2 is 0.288 bits per heavy atom. The Morgan fingerprint density at radius 1 is 0.123 bits per heavy atom. The van der Waals surface area contributed by atoms with Crippen LogP contribution in [0.15, 0.2) is 4.42 Å². The van der Waals surface area contributed by atoms with Gasteiger partial charge in [-0.25, -0.2) is 0 Å². The van der Waals surface area contributed by atoms with E-state index in [4.69, 9.17) is 4.42 Å². The van der Waals surface area contributed by atoms with Gasteiger partial charge in [-0.2, -0.15) is 0 Å². The van der Waals surface area contributed by atoms with Crippen molar-refractivity contribution in [1.82, 2.24) is 0 Å². The van der Waals surface area contributed by atoms with E-state index in [0.717, 1.165) is 11.2 Å². The zero-order valence-electron chi connectivity index (χ0n) is 50.4. The molecule has 73 heavy (non-hydrogen) atoms. The van der Waals surface area contributed by atoms with Crippen LogP contribution in [0.25, 0.3) is 88.0 Å². The van der Waals surface area contributed by atoms with Crippen molar-refractivity contribution in [2.75, 3.05) is 0 Å². The molecule has 0 aliphatic carbocycles. The molecule has 322 valence electrons. The van der Waals surface area contributed by atoms with E-state index in [9.17, 15) is 0 Å². The second kappa shape index (κ2) is 18.3. The monoisotopic (exact) mass is 909 g/mol. The van der Waals surface area contributed by atoms with Crippen molar-refractivity contribution in [3.05, 3.63) is 0 Å². The summed E-state index contributed by atoms with van der Waals surface area (Å²) in [5.41, 5.74) is 51.5. The highest BCUT2D eigenvalue weighted by molar-refractivity contribution is 6.77. The standard InChI is InChI=1S/C44H56B28O/c45-15-7(25(55)31(61)26(56)9(15)12-27(57)36(66)39(69)37(67)28(12)58)1-3-5(19(49)34(64)32(62)17(3)47)2(6-4(1)18(48)33(63)35(65)20(6)50)8-21(51)23(53)11(24(54)22(8)52)10-16(46)13-14-30(60)38(68)40(70)42(72)44(14)73-43(13)41(71)29(10)59/h45-72H2. The lowest BCUT2D eigenvalue weighted by Crippen LogP contribution is -2.57. The molecule has 0 atom stereocenters. The fraction of sp³-hybridized carbons (Fsp3) is 0. The van der Waals surface area contributed by atoms with Gasteiger partial charge in [0.05, 0.1) is 0 Å². The van der Waals surface area contributed by atoms with E-state index in [-0.39, 0.29) is 0 Å². The summed E-state index contributed by atoms with van der Waals surface area (Å²) >= 11 is 0. The van der Waals surface area contributed by atoms with Gasteiger partial charge in [-0.1, -0.05) is 104 Å². The predicted molar refractivity (Wildman–Crippen MR) is 419 cm³/mol. The van der Waals surface area contributed by atoms with E-state index >= 15 is 0 Å². The molecule has 0 saturated heterocycles. The van der Waals surface area contributed by atoms with Crippen molar-refractivity contribution in [3.8, 4) is 44.5 Å². The molecule has 0 aliphatic heterocycles. The zero-order valence-corrected chi connectivity index (χ0v) is 50.4. The third-order valence-electron chi connectivity index (χ3n) is 21.0. The van der Waals surface area contributed by atoms with Gasteiger partial charge in [0.2, 0.25) is 0 Å². The summed E-state index contributed by atoms with van der Waals surface area (Å²) in [6, 6.07) is 0. The van der Waals surface area contributed by atoms with Crippen molar-refractivity contribution in [2.24, 2.45) is 0 Å². The molecule has 0 spiro atoms. The van der Waals surface area contributed by atoms with Gasteiger partial charge in [0.15, 0.2) is 0 Å². The van der Waals surface area contributed by atoms with Gasteiger partial charge in [0, 0.05) is 10.8 Å². The average Bonchev–Trinajstić information content (AvgIpc) is 3.77. The second-order valence-electron chi connectivity index (χ2n) is 23.5. The summed E-state index contributed by atoms with van der Waals surface area (Å²) in [6.07, 6.45) is 0. The molecule has 0 fully saturated rings. The van der Waals surface area contributed by atoms with E-state index in [2.05, 4.69) is 220 Å². The highest BCUT2D eigenvalue weighted by Gasteiger charge is 2.32. The molecule has 0 bridgehead atoms. The Labute approximate surface area is 461 Å². The second-order valence-corrected chi connectivity index (χ2v) is 23.5. The van der Waals surface area contributed by atoms with E-state index in [0.29, 0.717) is 0 Å². The van der Waals surface area contributed by atoms with Crippen LogP contribution in [0.3, 0.4) is 0 Å². The molecule has 9 aromatic rings. The smallest absolute Gasteiger partial charge is 0.143 e. The Hall–Kier alpha value is -4.10. The molecule has 0 radical (unpaired) electrons. The first kappa shape index (κ1) is 53.7. The number of hydrogen-bond donors (Lipinski definition) is 0. The van der Waals surface area contributed by atoms with Crippen LogP contribution in [-0.4, -0.2) is 220 Å². The van der Waals surface area contributed by atoms with Gasteiger partial charge in [-0.15, -0.1) is 49.2 Å². The molecule has 0 N–H and O–H groups in total. The third kappa shape index (κ3) is 7.09. The first-order chi connectivity index (χ1) is 34.0. The van der Waals surface area contributed by atoms with Crippen molar-refractivity contribution >= 4 is 416 Å². The van der Waals surface area contributed by atoms with Crippen LogP contribution < -0.4 is 153 Å². The minimum atomic E-state index is 1.03. The van der Waals surface area contributed by atoms with Crippen LogP contribution in [0.2, 0.25) is 0 Å². The molecule has 0 amide bonds. The minimum absolute atomic E-state index is 1.03. The van der Waals surface area contributed by atoms with Crippen LogP contribution in [0, 0.1) is 0 Å². The molecule has 9 rings (SSSR count). The molecule has 0 unspecified atom stereocenters. The lowest BCUT2D eigenvalue weighted by Gasteiger charge is -2.33. The van der Waals surface area contributed by atoms with Crippen molar-refractivity contribution in [1.29, 1.82) is 0 Å². The molecule has 1 heterocycles. The van der Waals surface area contributed by atoms with Gasteiger partial charge in [0.1, 0.15) is 231 Å². The highest BCUT2D eigenvalue weighted by atomic mass is 16.3. The summed E-state index contributed by atoms with van der Waals surface area (Å²) in [4.78, 5) is 0. The lowest BCUT2D eigenvalue weighted by atomic mass is 9.54. The summed E-state index contributed by atoms with van der Waals surface area (Å²) in [7, 11) is 66.2. The van der Waals surface area contributed by atoms with Crippen LogP contribution in [-0.2, 0) is 0 Å². The van der Waals surface area contributed by atoms with Crippen LogP contribution >= 0.6 is 0 Å². The molecular weight excluding hydrogens is 847 g/mol. The highest BCUT2D eigenvalue weighted by Crippen LogP contribution is 2.39. The summed E-state index contributed by atoms with van der Waals surface area (Å²) < 4.78 is 6.95. The van der Waals surface area contributed by atoms with Gasteiger partial charge in [-0.3, -0.25) is 0 Å². The van der Waals surface area contributed by atoms with Gasteiger partial charge in [0.25, 0.3) is 0 Å². The van der Waals surface area contributed by atoms with E-state index < -0.39 is 0 Å². The molecule has 8 aromatic carbocycles. The Kier molecular flexibility index (Phi) is 13.5. The van der Waals surface area contributed by atoms with Crippen molar-refractivity contribution < 1.29 is 4.42 Å². The predicted octanol–water partition coefficient (Wildman–Crippen LogP) is -36.2. The van der Waals surface area contributed by atoms with E-state index in [1.54, 1.807) is 0 Å². The van der Waals surface area contributed by atoms with Crippen molar-refractivity contribution in [2.45, 2.75) is 0 Å². The summed E-state index contributed by atoms with van der Waals surface area (Å²) in [5, 5.41) is 8.19. The first-order valence-corrected chi connectivity index (χ1v) is 27.2. The molecule has 1 aromatic heterocycles. The molecule has 1 nitrogen and oxygen atoms in total. The van der Waals surface area contributed by atoms with Gasteiger partial charge < -0.3 is 4.42 Å². The maximum absolute atomic E-state index is 6.95. The van der Waals surface area contributed by atoms with Crippen molar-refractivity contribution in [3.63, 3.8) is 0 Å². The number of hydrogen-bond acceptors (Lipinski definition) is 1. The van der Waals surface area contributed by atoms with Crippen LogP contribution in [0.1, 0.15) is 0 Å². The first-order valence-electron chi connectivity index (χ1n) is 27.2. The number of furan rings is 1. The molecular formula is C44H56B28O. The van der Waals surface area contributed by atoms with E-state index in [1.807, 2.05) is 0 Å². The lowest BCUT2D eigenvalue weighted by molar-refractivity contribution is 0.675. The Balaban J connectivity index is 1.51. The fourth-order valence-corrected chi connectivity index (χ4v) is 14.4. The van der Waals surface area contributed by atoms with Gasteiger partial charge >= 0.3 is 0 Å².